The van der Waals surface area contributed by atoms with Crippen molar-refractivity contribution in [2.45, 2.75) is 0 Å². The van der Waals surface area contributed by atoms with Crippen molar-refractivity contribution in [1.29, 1.82) is 0 Å². The van der Waals surface area contributed by atoms with Gasteiger partial charge in [0.2, 0.25) is 0 Å². The molecule has 0 aliphatic carbocycles. The molecule has 0 saturated heterocycles. The Morgan fingerprint density at radius 3 is 2.57 bits per heavy atom. The highest BCUT2D eigenvalue weighted by Crippen LogP contribution is 2.16. The van der Waals surface area contributed by atoms with Gasteiger partial charge >= 0.3 is 0 Å². The van der Waals surface area contributed by atoms with E-state index in [9.17, 15) is 0 Å². The number of nitrogens with two attached hydrogens (primary N) is 1. The molecule has 4 nitrogen and oxygen atoms in total. The first kappa shape index (κ1) is 13.2. The Kier molecular flexibility index (Phi) is 4.83. The van der Waals surface area contributed by atoms with Gasteiger partial charge in [-0.05, 0) is 6.07 Å². The fraction of sp³-hybridized carbons (Fsp3) is 0. The summed E-state index contributed by atoms with van der Waals surface area (Å²) in [6.45, 7) is 0. The molecule has 0 atom stereocenters. The maximum Gasteiger partial charge on any atom is 0.153 e. The van der Waals surface area contributed by atoms with Crippen molar-refractivity contribution < 1.29 is 0 Å². The number of nitrogens with zero attached hydrogens (tertiary/aromatic N) is 3. The minimum absolute atomic E-state index is 0. The molecule has 76 valence electrons. The predicted molar refractivity (Wildman–Crippen MR) is 61.3 cm³/mol. The van der Waals surface area contributed by atoms with Crippen LogP contribution in [0.15, 0.2) is 18.6 Å². The summed E-state index contributed by atoms with van der Waals surface area (Å²) in [6, 6.07) is 1.70. The topological polar surface area (TPSA) is 64.7 Å². The average molecular weight is 254 g/mol. The minimum atomic E-state index is 0. The van der Waals surface area contributed by atoms with Crippen molar-refractivity contribution in [2.75, 3.05) is 5.73 Å². The summed E-state index contributed by atoms with van der Waals surface area (Å²) in [5, 5.41) is 0.542. The lowest BCUT2D eigenvalue weighted by molar-refractivity contribution is 1.20. The van der Waals surface area contributed by atoms with Gasteiger partial charge in [-0.2, -0.15) is 0 Å². The zero-order valence-corrected chi connectivity index (χ0v) is 9.23. The van der Waals surface area contributed by atoms with Gasteiger partial charge in [0, 0.05) is 6.20 Å². The normalized spacial score (nSPS) is 8.93. The largest absolute Gasteiger partial charge is 0.382 e. The van der Waals surface area contributed by atoms with Gasteiger partial charge in [0.25, 0.3) is 0 Å². The zero-order valence-electron chi connectivity index (χ0n) is 6.85. The van der Waals surface area contributed by atoms with Crippen LogP contribution in [-0.2, 0) is 0 Å². The summed E-state index contributed by atoms with van der Waals surface area (Å²) in [4.78, 5) is 11.8. The van der Waals surface area contributed by atoms with Crippen LogP contribution in [-0.4, -0.2) is 15.0 Å². The number of rotatable bonds is 0. The number of halogens is 3. The van der Waals surface area contributed by atoms with E-state index in [1.807, 2.05) is 0 Å². The maximum absolute atomic E-state index is 5.71. The summed E-state index contributed by atoms with van der Waals surface area (Å²) >= 11 is 5.71. The van der Waals surface area contributed by atoms with E-state index in [2.05, 4.69) is 15.0 Å². The fourth-order valence-electron chi connectivity index (χ4n) is 0.939. The second kappa shape index (κ2) is 5.14. The third kappa shape index (κ3) is 2.35. The smallest absolute Gasteiger partial charge is 0.153 e. The molecule has 0 amide bonds. The summed E-state index contributed by atoms with van der Waals surface area (Å²) in [6.07, 6.45) is 2.90. The highest BCUT2D eigenvalue weighted by atomic mass is 35.5. The van der Waals surface area contributed by atoms with Crippen LogP contribution in [0.5, 0.6) is 0 Å². The van der Waals surface area contributed by atoms with Crippen LogP contribution in [0.4, 0.5) is 5.82 Å². The summed E-state index contributed by atoms with van der Waals surface area (Å²) in [5.41, 5.74) is 6.80. The highest BCUT2D eigenvalue weighted by Gasteiger charge is 2.00. The van der Waals surface area contributed by atoms with Crippen LogP contribution in [0.2, 0.25) is 5.02 Å². The molecule has 0 radical (unpaired) electrons. The average Bonchev–Trinajstić information content (AvgIpc) is 2.04. The number of fused-ring (bicyclic) bond motifs is 1. The van der Waals surface area contributed by atoms with Crippen LogP contribution < -0.4 is 5.73 Å². The molecule has 0 aliphatic heterocycles. The van der Waals surface area contributed by atoms with Gasteiger partial charge in [-0.15, -0.1) is 24.8 Å². The van der Waals surface area contributed by atoms with E-state index in [0.717, 1.165) is 0 Å². The third-order valence-corrected chi connectivity index (χ3v) is 1.68. The molecule has 0 fully saturated rings. The Morgan fingerprint density at radius 2 is 1.86 bits per heavy atom. The Bertz CT molecular complexity index is 434. The van der Waals surface area contributed by atoms with Crippen LogP contribution in [0.3, 0.4) is 0 Å². The summed E-state index contributed by atoms with van der Waals surface area (Å²) in [7, 11) is 0. The highest BCUT2D eigenvalue weighted by molar-refractivity contribution is 6.31. The molecule has 0 spiro atoms. The Hall–Kier alpha value is -0.840. The molecule has 0 aliphatic rings. The lowest BCUT2D eigenvalue weighted by Crippen LogP contribution is -1.94. The van der Waals surface area contributed by atoms with Gasteiger partial charge in [-0.1, -0.05) is 11.6 Å². The van der Waals surface area contributed by atoms with Gasteiger partial charge in [0.1, 0.15) is 11.8 Å². The van der Waals surface area contributed by atoms with E-state index in [1.165, 1.54) is 12.5 Å². The zero-order chi connectivity index (χ0) is 8.55. The fourth-order valence-corrected chi connectivity index (χ4v) is 1.09. The van der Waals surface area contributed by atoms with E-state index < -0.39 is 0 Å². The second-order valence-corrected chi connectivity index (χ2v) is 2.72. The molecule has 2 heterocycles. The molecule has 2 aromatic rings. The molecule has 0 unspecified atom stereocenters. The Balaban J connectivity index is 0.000000845. The summed E-state index contributed by atoms with van der Waals surface area (Å²) < 4.78 is 0. The van der Waals surface area contributed by atoms with E-state index >= 15 is 0 Å². The molecule has 0 bridgehead atoms. The van der Waals surface area contributed by atoms with Crippen LogP contribution >= 0.6 is 36.4 Å². The van der Waals surface area contributed by atoms with Crippen molar-refractivity contribution >= 4 is 53.3 Å². The van der Waals surface area contributed by atoms with Gasteiger partial charge in [-0.25, -0.2) is 15.0 Å². The van der Waals surface area contributed by atoms with Crippen molar-refractivity contribution in [2.24, 2.45) is 0 Å². The van der Waals surface area contributed by atoms with Crippen LogP contribution in [0.1, 0.15) is 0 Å². The molecule has 2 aromatic heterocycles. The number of nitrogen functional groups attached to an aromatic ring is 1. The first-order valence-corrected chi connectivity index (χ1v) is 3.67. The Morgan fingerprint density at radius 1 is 1.14 bits per heavy atom. The van der Waals surface area contributed by atoms with Crippen molar-refractivity contribution in [3.8, 4) is 0 Å². The molecular weight excluding hydrogens is 246 g/mol. The Labute approximate surface area is 97.7 Å². The lowest BCUT2D eigenvalue weighted by atomic mass is 10.3. The standard InChI is InChI=1S/C7H5ClN4.2ClH/c8-4-1-5-6(10-2-4)7(9)12-3-11-5;;/h1-3H,(H2,9,11,12);2*1H. The van der Waals surface area contributed by atoms with E-state index in [4.69, 9.17) is 17.3 Å². The van der Waals surface area contributed by atoms with Gasteiger partial charge < -0.3 is 5.73 Å². The summed E-state index contributed by atoms with van der Waals surface area (Å²) in [5.74, 6) is 0.372. The quantitative estimate of drug-likeness (QED) is 0.781. The predicted octanol–water partition coefficient (Wildman–Crippen LogP) is 2.10. The van der Waals surface area contributed by atoms with Crippen LogP contribution in [0, 0.1) is 0 Å². The van der Waals surface area contributed by atoms with Gasteiger partial charge in [0.05, 0.1) is 10.5 Å². The van der Waals surface area contributed by atoms with Crippen molar-refractivity contribution in [3.05, 3.63) is 23.6 Å². The van der Waals surface area contributed by atoms with Crippen LogP contribution in [0.25, 0.3) is 11.0 Å². The lowest BCUT2D eigenvalue weighted by Gasteiger charge is -1.97. The first-order valence-electron chi connectivity index (χ1n) is 3.29. The molecule has 14 heavy (non-hydrogen) atoms. The maximum atomic E-state index is 5.71. The molecule has 2 N–H and O–H groups in total. The second-order valence-electron chi connectivity index (χ2n) is 2.28. The van der Waals surface area contributed by atoms with E-state index in [0.29, 0.717) is 21.9 Å². The third-order valence-electron chi connectivity index (χ3n) is 1.47. The number of hydrogen-bond donors (Lipinski definition) is 1. The number of aromatic nitrogens is 3. The molecule has 0 saturated carbocycles. The molecular formula is C7H7Cl3N4. The first-order chi connectivity index (χ1) is 5.77. The monoisotopic (exact) mass is 252 g/mol. The molecule has 2 rings (SSSR count). The minimum Gasteiger partial charge on any atom is -0.382 e. The SMILES string of the molecule is Cl.Cl.Nc1ncnc2cc(Cl)cnc12. The molecule has 0 aromatic carbocycles. The molecule has 7 heteroatoms. The van der Waals surface area contributed by atoms with Crippen molar-refractivity contribution in [1.82, 2.24) is 15.0 Å². The number of pyridine rings is 1. The number of anilines is 1. The van der Waals surface area contributed by atoms with Gasteiger partial charge in [0.15, 0.2) is 5.82 Å². The number of hydrogen-bond acceptors (Lipinski definition) is 4. The van der Waals surface area contributed by atoms with E-state index in [1.54, 1.807) is 6.07 Å². The van der Waals surface area contributed by atoms with Crippen molar-refractivity contribution in [3.63, 3.8) is 0 Å². The van der Waals surface area contributed by atoms with Gasteiger partial charge in [-0.3, -0.25) is 0 Å². The van der Waals surface area contributed by atoms with E-state index in [-0.39, 0.29) is 24.8 Å².